The van der Waals surface area contributed by atoms with Gasteiger partial charge in [0.05, 0.1) is 0 Å². The molecule has 2 aliphatic carbocycles. The molecule has 0 saturated heterocycles. The van der Waals surface area contributed by atoms with E-state index in [9.17, 15) is 0 Å². The SMILES string of the molecule is C/C(=C\C(C)C)CCCC(C)C.C/C(=C\CC(C)C)CCC(C)C.C/C(=C\CCCC(C)C)C(C)C.CC(C)CCC[C@@H]1C[C@@H]1C(C)C.CC(C)CCC[C@@H]1C[C@H]1C(C)C. The monoisotopic (exact) mass is 841 g/mol. The van der Waals surface area contributed by atoms with Crippen molar-refractivity contribution in [3.05, 3.63) is 34.9 Å². The molecular weight excluding hydrogens is 721 g/mol. The van der Waals surface area contributed by atoms with Crippen LogP contribution in [0, 0.1) is 82.9 Å². The van der Waals surface area contributed by atoms with Gasteiger partial charge in [-0.3, -0.25) is 0 Å². The Kier molecular flexibility index (Phi) is 40.9. The van der Waals surface area contributed by atoms with Crippen molar-refractivity contribution in [2.75, 3.05) is 0 Å². The highest BCUT2D eigenvalue weighted by atomic mass is 14.4. The molecule has 0 heterocycles. The Hall–Kier alpha value is -0.780. The lowest BCUT2D eigenvalue weighted by Gasteiger charge is -2.05. The van der Waals surface area contributed by atoms with Gasteiger partial charge < -0.3 is 0 Å². The van der Waals surface area contributed by atoms with E-state index < -0.39 is 0 Å². The van der Waals surface area contributed by atoms with Crippen molar-refractivity contribution in [3.63, 3.8) is 0 Å². The van der Waals surface area contributed by atoms with Crippen LogP contribution in [0.1, 0.15) is 268 Å². The van der Waals surface area contributed by atoms with Gasteiger partial charge in [-0.2, -0.15) is 0 Å². The minimum Gasteiger partial charge on any atom is -0.0854 e. The van der Waals surface area contributed by atoms with Crippen molar-refractivity contribution in [3.8, 4) is 0 Å². The van der Waals surface area contributed by atoms with Gasteiger partial charge in [-0.15, -0.1) is 0 Å². The van der Waals surface area contributed by atoms with Gasteiger partial charge >= 0.3 is 0 Å². The molecule has 0 amide bonds. The molecule has 0 aromatic heterocycles. The summed E-state index contributed by atoms with van der Waals surface area (Å²) in [7, 11) is 0. The maximum Gasteiger partial charge on any atom is -0.0263 e. The molecular formula is C60H120. The van der Waals surface area contributed by atoms with Crippen molar-refractivity contribution in [1.82, 2.24) is 0 Å². The Bertz CT molecular complexity index is 988. The molecule has 2 fully saturated rings. The largest absolute Gasteiger partial charge is 0.0854 e. The van der Waals surface area contributed by atoms with Crippen molar-refractivity contribution in [1.29, 1.82) is 0 Å². The number of hydrogen-bond donors (Lipinski definition) is 0. The fourth-order valence-corrected chi connectivity index (χ4v) is 8.00. The molecule has 360 valence electrons. The third kappa shape index (κ3) is 46.7. The van der Waals surface area contributed by atoms with E-state index in [0.717, 1.165) is 76.9 Å². The summed E-state index contributed by atoms with van der Waals surface area (Å²) in [6, 6.07) is 0. The normalized spacial score (nSPS) is 19.2. The molecule has 2 aliphatic rings. The smallest absolute Gasteiger partial charge is 0.0263 e. The predicted molar refractivity (Wildman–Crippen MR) is 282 cm³/mol. The van der Waals surface area contributed by atoms with Crippen LogP contribution in [0.3, 0.4) is 0 Å². The molecule has 0 radical (unpaired) electrons. The molecule has 0 aliphatic heterocycles. The number of allylic oxidation sites excluding steroid dienone is 6. The van der Waals surface area contributed by atoms with Crippen molar-refractivity contribution < 1.29 is 0 Å². The van der Waals surface area contributed by atoms with E-state index in [0.29, 0.717) is 5.92 Å². The average molecular weight is 842 g/mol. The van der Waals surface area contributed by atoms with E-state index in [4.69, 9.17) is 0 Å². The molecule has 0 spiro atoms. The number of unbranched alkanes of at least 4 members (excludes halogenated alkanes) is 1. The molecule has 2 rings (SSSR count). The fourth-order valence-electron chi connectivity index (χ4n) is 8.00. The van der Waals surface area contributed by atoms with Crippen molar-refractivity contribution in [2.45, 2.75) is 268 Å². The Morgan fingerprint density at radius 1 is 0.433 bits per heavy atom. The predicted octanol–water partition coefficient (Wildman–Crippen LogP) is 21.5. The van der Waals surface area contributed by atoms with Crippen LogP contribution in [0.5, 0.6) is 0 Å². The third-order valence-electron chi connectivity index (χ3n) is 12.8. The van der Waals surface area contributed by atoms with Crippen LogP contribution in [0.4, 0.5) is 0 Å². The Morgan fingerprint density at radius 2 is 0.833 bits per heavy atom. The van der Waals surface area contributed by atoms with Crippen molar-refractivity contribution >= 4 is 0 Å². The second-order valence-corrected chi connectivity index (χ2v) is 24.0. The van der Waals surface area contributed by atoms with Crippen LogP contribution in [-0.4, -0.2) is 0 Å². The van der Waals surface area contributed by atoms with E-state index in [-0.39, 0.29) is 0 Å². The van der Waals surface area contributed by atoms with Gasteiger partial charge in [0.15, 0.2) is 0 Å². The summed E-state index contributed by atoms with van der Waals surface area (Å²) in [5.74, 6) is 12.8. The maximum atomic E-state index is 2.40. The summed E-state index contributed by atoms with van der Waals surface area (Å²) >= 11 is 0. The van der Waals surface area contributed by atoms with E-state index in [1.807, 2.05) is 0 Å². The lowest BCUT2D eigenvalue weighted by atomic mass is 10.0. The molecule has 0 N–H and O–H groups in total. The van der Waals surface area contributed by atoms with Gasteiger partial charge in [0.1, 0.15) is 0 Å². The van der Waals surface area contributed by atoms with E-state index in [1.165, 1.54) is 109 Å². The molecule has 0 heteroatoms. The Morgan fingerprint density at radius 3 is 1.17 bits per heavy atom. The Balaban J connectivity index is -0.000000677. The standard InChI is InChI=1S/5C12H24/c2*1-9(2)6-5-7-11-8-12(11)10(3)4;1-10(2)6-8-12(5)9-7-11(3)4;1-10(2)7-6-8-12(5)9-11(3)4;1-10(2)8-6-7-9-12(5)11(3)4/h2*9-12H,5-8H2,1-4H3;8,10-11H,6-7,9H2,1-5H3;2*9-11H,6-8H2,1-5H3/b;;12-8+;2*12-9+/t11-,12+;11-,12-;;;/m11.../s1. The first-order chi connectivity index (χ1) is 27.8. The Labute approximate surface area is 384 Å². The highest BCUT2D eigenvalue weighted by Crippen LogP contribution is 2.48. The first-order valence-corrected chi connectivity index (χ1v) is 26.8. The van der Waals surface area contributed by atoms with Gasteiger partial charge in [0, 0.05) is 0 Å². The highest BCUT2D eigenvalue weighted by molar-refractivity contribution is 5.01. The van der Waals surface area contributed by atoms with Gasteiger partial charge in [-0.25, -0.2) is 0 Å². The molecule has 60 heavy (non-hydrogen) atoms. The van der Waals surface area contributed by atoms with Crippen LogP contribution in [0.2, 0.25) is 0 Å². The summed E-state index contributed by atoms with van der Waals surface area (Å²) in [5.41, 5.74) is 4.67. The summed E-state index contributed by atoms with van der Waals surface area (Å²) in [5, 5.41) is 0. The third-order valence-corrected chi connectivity index (χ3v) is 12.8. The van der Waals surface area contributed by atoms with Crippen molar-refractivity contribution in [2.24, 2.45) is 82.9 Å². The van der Waals surface area contributed by atoms with Crippen LogP contribution in [0.15, 0.2) is 34.9 Å². The molecule has 4 atom stereocenters. The van der Waals surface area contributed by atoms with Gasteiger partial charge in [-0.1, -0.05) is 225 Å². The summed E-state index contributed by atoms with van der Waals surface area (Å²) in [4.78, 5) is 0. The summed E-state index contributed by atoms with van der Waals surface area (Å²) < 4.78 is 0. The first-order valence-electron chi connectivity index (χ1n) is 26.8. The van der Waals surface area contributed by atoms with Crippen LogP contribution in [0.25, 0.3) is 0 Å². The molecule has 0 aromatic rings. The fraction of sp³-hybridized carbons (Fsp3) is 0.900. The van der Waals surface area contributed by atoms with Crippen LogP contribution < -0.4 is 0 Å². The molecule has 2 saturated carbocycles. The summed E-state index contributed by atoms with van der Waals surface area (Å²) in [6.07, 6.45) is 30.8. The van der Waals surface area contributed by atoms with Gasteiger partial charge in [0.2, 0.25) is 0 Å². The average Bonchev–Trinajstić information content (AvgIpc) is 4.05. The quantitative estimate of drug-likeness (QED) is 0.0635. The van der Waals surface area contributed by atoms with Crippen LogP contribution >= 0.6 is 0 Å². The van der Waals surface area contributed by atoms with E-state index in [2.05, 4.69) is 177 Å². The summed E-state index contributed by atoms with van der Waals surface area (Å²) in [6.45, 7) is 52.8. The van der Waals surface area contributed by atoms with E-state index >= 15 is 0 Å². The second kappa shape index (κ2) is 38.7. The topological polar surface area (TPSA) is 0 Å². The number of rotatable bonds is 25. The zero-order chi connectivity index (χ0) is 47.0. The molecule has 0 unspecified atom stereocenters. The molecule has 0 nitrogen and oxygen atoms in total. The second-order valence-electron chi connectivity index (χ2n) is 24.0. The zero-order valence-electron chi connectivity index (χ0n) is 46.3. The zero-order valence-corrected chi connectivity index (χ0v) is 46.3. The van der Waals surface area contributed by atoms with Crippen LogP contribution in [-0.2, 0) is 0 Å². The first kappa shape index (κ1) is 63.5. The molecule has 0 bridgehead atoms. The highest BCUT2D eigenvalue weighted by Gasteiger charge is 2.38. The lowest BCUT2D eigenvalue weighted by Crippen LogP contribution is -1.94. The van der Waals surface area contributed by atoms with Gasteiger partial charge in [0.25, 0.3) is 0 Å². The van der Waals surface area contributed by atoms with Gasteiger partial charge in [-0.05, 0) is 161 Å². The minimum absolute atomic E-state index is 0.712. The maximum absolute atomic E-state index is 2.40. The lowest BCUT2D eigenvalue weighted by molar-refractivity contribution is 0.467. The number of hydrogen-bond acceptors (Lipinski definition) is 0. The van der Waals surface area contributed by atoms with E-state index in [1.54, 1.807) is 16.7 Å². The molecule has 0 aromatic carbocycles. The minimum atomic E-state index is 0.712.